The van der Waals surface area contributed by atoms with E-state index >= 15 is 0 Å². The first-order valence-electron chi connectivity index (χ1n) is 11.1. The van der Waals surface area contributed by atoms with Crippen LogP contribution in [0.3, 0.4) is 0 Å². The van der Waals surface area contributed by atoms with Crippen molar-refractivity contribution < 1.29 is 14.3 Å². The number of fused-ring (bicyclic) bond motifs is 1. The minimum Gasteiger partial charge on any atom is -0.497 e. The summed E-state index contributed by atoms with van der Waals surface area (Å²) in [6, 6.07) is 11.2. The van der Waals surface area contributed by atoms with Gasteiger partial charge in [-0.05, 0) is 48.7 Å². The van der Waals surface area contributed by atoms with Gasteiger partial charge in [-0.3, -0.25) is 18.9 Å². The third kappa shape index (κ3) is 5.55. The minimum absolute atomic E-state index is 0.241. The first-order valence-corrected chi connectivity index (χ1v) is 12.3. The highest BCUT2D eigenvalue weighted by molar-refractivity contribution is 8.26. The largest absolute Gasteiger partial charge is 0.497 e. The number of hydrogen-bond donors (Lipinski definition) is 1. The molecule has 3 heterocycles. The molecule has 0 aliphatic carbocycles. The molecule has 1 N–H and O–H groups in total. The number of aromatic nitrogens is 2. The van der Waals surface area contributed by atoms with Crippen LogP contribution in [0.4, 0.5) is 5.82 Å². The number of methoxy groups -OCH3 is 2. The second-order valence-corrected chi connectivity index (χ2v) is 9.68. The molecule has 10 heteroatoms. The fourth-order valence-electron chi connectivity index (χ4n) is 3.63. The molecule has 0 bridgehead atoms. The van der Waals surface area contributed by atoms with Gasteiger partial charge < -0.3 is 14.8 Å². The van der Waals surface area contributed by atoms with Crippen LogP contribution < -0.4 is 15.6 Å². The summed E-state index contributed by atoms with van der Waals surface area (Å²) in [6.07, 6.45) is 4.08. The molecule has 0 spiro atoms. The van der Waals surface area contributed by atoms with Crippen molar-refractivity contribution in [2.45, 2.75) is 19.9 Å². The molecular weight excluding hydrogens is 484 g/mol. The Morgan fingerprint density at radius 1 is 1.14 bits per heavy atom. The number of rotatable bonds is 9. The Morgan fingerprint density at radius 2 is 1.91 bits per heavy atom. The Morgan fingerprint density at radius 3 is 2.63 bits per heavy atom. The van der Waals surface area contributed by atoms with Crippen LogP contribution in [-0.4, -0.2) is 51.9 Å². The smallest absolute Gasteiger partial charge is 0.267 e. The normalized spacial score (nSPS) is 14.8. The number of anilines is 1. The molecule has 1 aliphatic heterocycles. The summed E-state index contributed by atoms with van der Waals surface area (Å²) in [7, 11) is 3.25. The van der Waals surface area contributed by atoms with Crippen molar-refractivity contribution in [1.82, 2.24) is 14.3 Å². The molecule has 0 unspecified atom stereocenters. The lowest BCUT2D eigenvalue weighted by molar-refractivity contribution is -0.122. The van der Waals surface area contributed by atoms with Crippen molar-refractivity contribution in [2.75, 3.05) is 32.7 Å². The Kier molecular flexibility index (Phi) is 7.84. The van der Waals surface area contributed by atoms with E-state index in [4.69, 9.17) is 21.7 Å². The number of benzene rings is 1. The highest BCUT2D eigenvalue weighted by atomic mass is 32.2. The van der Waals surface area contributed by atoms with Crippen LogP contribution in [0.5, 0.6) is 5.75 Å². The van der Waals surface area contributed by atoms with Crippen LogP contribution in [0.25, 0.3) is 11.7 Å². The van der Waals surface area contributed by atoms with E-state index in [-0.39, 0.29) is 11.5 Å². The third-order valence-electron chi connectivity index (χ3n) is 5.47. The van der Waals surface area contributed by atoms with Crippen molar-refractivity contribution in [3.05, 3.63) is 74.5 Å². The monoisotopic (exact) mass is 510 g/mol. The topological polar surface area (TPSA) is 85.2 Å². The fourth-order valence-corrected chi connectivity index (χ4v) is 4.86. The van der Waals surface area contributed by atoms with Gasteiger partial charge in [0.05, 0.1) is 24.1 Å². The highest BCUT2D eigenvalue weighted by Crippen LogP contribution is 2.34. The molecule has 35 heavy (non-hydrogen) atoms. The van der Waals surface area contributed by atoms with E-state index < -0.39 is 0 Å². The number of nitrogens with one attached hydrogen (secondary N) is 1. The number of hydrogen-bond acceptors (Lipinski definition) is 8. The predicted molar refractivity (Wildman–Crippen MR) is 143 cm³/mol. The number of aryl methyl sites for hydroxylation is 1. The molecule has 0 atom stereocenters. The zero-order valence-corrected chi connectivity index (χ0v) is 21.4. The van der Waals surface area contributed by atoms with E-state index in [0.717, 1.165) is 23.3 Å². The third-order valence-corrected chi connectivity index (χ3v) is 6.85. The summed E-state index contributed by atoms with van der Waals surface area (Å²) >= 11 is 6.67. The maximum absolute atomic E-state index is 13.4. The summed E-state index contributed by atoms with van der Waals surface area (Å²) in [6.45, 7) is 3.40. The van der Waals surface area contributed by atoms with Gasteiger partial charge in [-0.2, -0.15) is 0 Å². The maximum Gasteiger partial charge on any atom is 0.267 e. The molecule has 0 radical (unpaired) electrons. The van der Waals surface area contributed by atoms with Gasteiger partial charge in [0.1, 0.15) is 21.5 Å². The number of carbonyl (C=O) groups is 1. The summed E-state index contributed by atoms with van der Waals surface area (Å²) < 4.78 is 12.2. The fraction of sp³-hybridized carbons (Fsp3) is 0.280. The number of thioether (sulfide) groups is 1. The van der Waals surface area contributed by atoms with E-state index in [1.54, 1.807) is 32.6 Å². The second-order valence-electron chi connectivity index (χ2n) is 8.00. The number of carbonyl (C=O) groups excluding carboxylic acids is 1. The van der Waals surface area contributed by atoms with Crippen LogP contribution >= 0.6 is 24.0 Å². The van der Waals surface area contributed by atoms with Crippen LogP contribution in [0.2, 0.25) is 0 Å². The van der Waals surface area contributed by atoms with Gasteiger partial charge in [-0.15, -0.1) is 0 Å². The average Bonchev–Trinajstić information content (AvgIpc) is 3.12. The summed E-state index contributed by atoms with van der Waals surface area (Å²) in [5.74, 6) is 0.925. The van der Waals surface area contributed by atoms with Crippen molar-refractivity contribution in [3.8, 4) is 5.75 Å². The zero-order valence-electron chi connectivity index (χ0n) is 19.7. The Balaban J connectivity index is 1.67. The molecule has 4 rings (SSSR count). The molecule has 1 amide bonds. The Bertz CT molecular complexity index is 1350. The number of pyridine rings is 1. The van der Waals surface area contributed by atoms with Crippen LogP contribution in [0.1, 0.15) is 23.1 Å². The van der Waals surface area contributed by atoms with Crippen molar-refractivity contribution in [3.63, 3.8) is 0 Å². The molecular formula is C25H26N4O4S2. The molecule has 1 aromatic carbocycles. The van der Waals surface area contributed by atoms with Gasteiger partial charge in [0.2, 0.25) is 0 Å². The van der Waals surface area contributed by atoms with Crippen LogP contribution in [0, 0.1) is 6.92 Å². The number of ether oxygens (including phenoxy) is 2. The second kappa shape index (κ2) is 11.0. The van der Waals surface area contributed by atoms with Crippen molar-refractivity contribution in [1.29, 1.82) is 0 Å². The van der Waals surface area contributed by atoms with Crippen molar-refractivity contribution in [2.24, 2.45) is 0 Å². The summed E-state index contributed by atoms with van der Waals surface area (Å²) in [5.41, 5.74) is 2.44. The first kappa shape index (κ1) is 24.9. The van der Waals surface area contributed by atoms with E-state index in [0.29, 0.717) is 46.0 Å². The van der Waals surface area contributed by atoms with Crippen LogP contribution in [-0.2, 0) is 16.1 Å². The minimum atomic E-state index is -0.256. The summed E-state index contributed by atoms with van der Waals surface area (Å²) in [4.78, 5) is 33.3. The predicted octanol–water partition coefficient (Wildman–Crippen LogP) is 3.86. The maximum atomic E-state index is 13.4. The van der Waals surface area contributed by atoms with Gasteiger partial charge in [0.25, 0.3) is 11.5 Å². The standard InChI is InChI=1S/C25H26N4O4S2/c1-16-5-10-21-27-22(26-11-4-12-32-2)19(23(30)28(21)14-16)13-20-24(31)29(25(34)35-20)15-17-6-8-18(33-3)9-7-17/h5-10,13-14,26H,4,11-12,15H2,1-3H3. The molecule has 8 nitrogen and oxygen atoms in total. The lowest BCUT2D eigenvalue weighted by atomic mass is 10.2. The SMILES string of the molecule is COCCCNc1nc2ccc(C)cn2c(=O)c1C=C1SC(=S)N(Cc2ccc(OC)cc2)C1=O. The van der Waals surface area contributed by atoms with Gasteiger partial charge in [0.15, 0.2) is 0 Å². The Hall–Kier alpha value is -3.21. The van der Waals surface area contributed by atoms with Crippen LogP contribution in [0.15, 0.2) is 52.3 Å². The number of amides is 1. The van der Waals surface area contributed by atoms with Crippen molar-refractivity contribution >= 4 is 51.7 Å². The number of thiocarbonyl (C=S) groups is 1. The first-order chi connectivity index (χ1) is 16.9. The van der Waals surface area contributed by atoms with Gasteiger partial charge in [-0.1, -0.05) is 42.2 Å². The van der Waals surface area contributed by atoms with E-state index in [1.165, 1.54) is 21.1 Å². The van der Waals surface area contributed by atoms with Gasteiger partial charge >= 0.3 is 0 Å². The van der Waals surface area contributed by atoms with E-state index in [1.807, 2.05) is 37.3 Å². The lowest BCUT2D eigenvalue weighted by Gasteiger charge is -2.14. The average molecular weight is 511 g/mol. The van der Waals surface area contributed by atoms with E-state index in [9.17, 15) is 9.59 Å². The number of nitrogens with zero attached hydrogens (tertiary/aromatic N) is 3. The van der Waals surface area contributed by atoms with E-state index in [2.05, 4.69) is 10.3 Å². The Labute approximate surface area is 212 Å². The molecule has 3 aromatic rings. The highest BCUT2D eigenvalue weighted by Gasteiger charge is 2.32. The summed E-state index contributed by atoms with van der Waals surface area (Å²) in [5, 5.41) is 3.23. The quantitative estimate of drug-likeness (QED) is 0.264. The molecule has 1 aliphatic rings. The van der Waals surface area contributed by atoms with Gasteiger partial charge in [0, 0.05) is 26.5 Å². The lowest BCUT2D eigenvalue weighted by Crippen LogP contribution is -2.27. The molecule has 0 saturated carbocycles. The zero-order chi connectivity index (χ0) is 24.9. The van der Waals surface area contributed by atoms with Gasteiger partial charge in [-0.25, -0.2) is 4.98 Å². The molecule has 182 valence electrons. The molecule has 1 fully saturated rings. The molecule has 2 aromatic heterocycles. The molecule has 1 saturated heterocycles.